The number of nitrogens with one attached hydrogen (secondary N) is 3. The quantitative estimate of drug-likeness (QED) is 0.659. The summed E-state index contributed by atoms with van der Waals surface area (Å²) in [6.45, 7) is 7.06. The standard InChI is InChI=1S/C17H20N6O2/c1-4-18-15-20-8-12(9-21-15)11-6-10(3)14-13(7-11)22-17(25-14)23-16(24)19-5-2/h6-9H,4-5H2,1-3H3,(H,18,20,21)(H2,19,22,23,24). The van der Waals surface area contributed by atoms with Gasteiger partial charge in [-0.25, -0.2) is 14.8 Å². The molecule has 0 aliphatic rings. The molecule has 3 N–H and O–H groups in total. The number of rotatable bonds is 5. The Bertz CT molecular complexity index is 888. The van der Waals surface area contributed by atoms with Crippen molar-refractivity contribution in [2.45, 2.75) is 20.8 Å². The van der Waals surface area contributed by atoms with E-state index < -0.39 is 0 Å². The van der Waals surface area contributed by atoms with Crippen LogP contribution in [0.25, 0.3) is 22.2 Å². The number of aromatic nitrogens is 3. The van der Waals surface area contributed by atoms with Crippen molar-refractivity contribution in [2.75, 3.05) is 23.7 Å². The summed E-state index contributed by atoms with van der Waals surface area (Å²) in [7, 11) is 0. The number of urea groups is 1. The van der Waals surface area contributed by atoms with Gasteiger partial charge in [-0.2, -0.15) is 4.98 Å². The molecule has 25 heavy (non-hydrogen) atoms. The number of hydrogen-bond donors (Lipinski definition) is 3. The maximum atomic E-state index is 11.6. The van der Waals surface area contributed by atoms with Crippen molar-refractivity contribution in [3.05, 3.63) is 30.1 Å². The Morgan fingerprint density at radius 3 is 2.56 bits per heavy atom. The zero-order valence-electron chi connectivity index (χ0n) is 14.4. The molecule has 1 aromatic carbocycles. The molecule has 0 spiro atoms. The smallest absolute Gasteiger partial charge is 0.322 e. The van der Waals surface area contributed by atoms with Crippen LogP contribution >= 0.6 is 0 Å². The third-order valence-corrected chi connectivity index (χ3v) is 3.55. The van der Waals surface area contributed by atoms with E-state index in [2.05, 4.69) is 30.9 Å². The first kappa shape index (κ1) is 16.7. The third-order valence-electron chi connectivity index (χ3n) is 3.55. The Morgan fingerprint density at radius 2 is 1.88 bits per heavy atom. The summed E-state index contributed by atoms with van der Waals surface area (Å²) in [4.78, 5) is 24.5. The lowest BCUT2D eigenvalue weighted by atomic mass is 10.1. The first-order valence-electron chi connectivity index (χ1n) is 8.13. The highest BCUT2D eigenvalue weighted by molar-refractivity contribution is 5.90. The first-order valence-corrected chi connectivity index (χ1v) is 8.13. The lowest BCUT2D eigenvalue weighted by Gasteiger charge is -2.04. The first-order chi connectivity index (χ1) is 12.1. The number of fused-ring (bicyclic) bond motifs is 1. The van der Waals surface area contributed by atoms with E-state index in [4.69, 9.17) is 4.42 Å². The summed E-state index contributed by atoms with van der Waals surface area (Å²) in [5.74, 6) is 0.596. The molecule has 8 heteroatoms. The van der Waals surface area contributed by atoms with E-state index in [0.29, 0.717) is 23.6 Å². The second-order valence-electron chi connectivity index (χ2n) is 5.47. The van der Waals surface area contributed by atoms with E-state index in [1.165, 1.54) is 0 Å². The van der Waals surface area contributed by atoms with Gasteiger partial charge in [0.1, 0.15) is 5.52 Å². The zero-order chi connectivity index (χ0) is 17.8. The molecule has 2 heterocycles. The van der Waals surface area contributed by atoms with E-state index in [1.807, 2.05) is 32.9 Å². The summed E-state index contributed by atoms with van der Waals surface area (Å²) in [5, 5.41) is 8.28. The van der Waals surface area contributed by atoms with Crippen LogP contribution in [0.3, 0.4) is 0 Å². The SMILES string of the molecule is CCNC(=O)Nc1nc2cc(-c3cnc(NCC)nc3)cc(C)c2o1. The van der Waals surface area contributed by atoms with Gasteiger partial charge in [-0.15, -0.1) is 0 Å². The van der Waals surface area contributed by atoms with Crippen molar-refractivity contribution in [3.8, 4) is 11.1 Å². The molecule has 0 aliphatic heterocycles. The molecule has 0 fully saturated rings. The number of benzene rings is 1. The molecule has 0 saturated heterocycles. The lowest BCUT2D eigenvalue weighted by molar-refractivity contribution is 0.252. The van der Waals surface area contributed by atoms with E-state index in [9.17, 15) is 4.79 Å². The van der Waals surface area contributed by atoms with E-state index in [1.54, 1.807) is 12.4 Å². The molecule has 130 valence electrons. The van der Waals surface area contributed by atoms with Crippen LogP contribution in [0.1, 0.15) is 19.4 Å². The Morgan fingerprint density at radius 1 is 1.12 bits per heavy atom. The average molecular weight is 340 g/mol. The topological polar surface area (TPSA) is 105 Å². The van der Waals surface area contributed by atoms with Gasteiger partial charge in [-0.05, 0) is 44.0 Å². The fourth-order valence-corrected chi connectivity index (χ4v) is 2.45. The van der Waals surface area contributed by atoms with Crippen LogP contribution in [0.4, 0.5) is 16.8 Å². The largest absolute Gasteiger partial charge is 0.423 e. The Labute approximate surface area is 145 Å². The van der Waals surface area contributed by atoms with Gasteiger partial charge in [0.2, 0.25) is 5.95 Å². The fraction of sp³-hybridized carbons (Fsp3) is 0.294. The van der Waals surface area contributed by atoms with Crippen molar-refractivity contribution in [2.24, 2.45) is 0 Å². The van der Waals surface area contributed by atoms with Gasteiger partial charge in [0.05, 0.1) is 0 Å². The normalized spacial score (nSPS) is 10.7. The van der Waals surface area contributed by atoms with Crippen molar-refractivity contribution in [1.29, 1.82) is 0 Å². The maximum absolute atomic E-state index is 11.6. The summed E-state index contributed by atoms with van der Waals surface area (Å²) in [5.41, 5.74) is 4.04. The fourth-order valence-electron chi connectivity index (χ4n) is 2.45. The number of carbonyl (C=O) groups excluding carboxylic acids is 1. The van der Waals surface area contributed by atoms with Gasteiger partial charge < -0.3 is 15.1 Å². The predicted octanol–water partition coefficient (Wildman–Crippen LogP) is 3.17. The van der Waals surface area contributed by atoms with Crippen LogP contribution in [-0.4, -0.2) is 34.1 Å². The molecular weight excluding hydrogens is 320 g/mol. The van der Waals surface area contributed by atoms with Gasteiger partial charge >= 0.3 is 12.0 Å². The van der Waals surface area contributed by atoms with Gasteiger partial charge in [0.15, 0.2) is 5.58 Å². The molecular formula is C17H20N6O2. The van der Waals surface area contributed by atoms with E-state index >= 15 is 0 Å². The average Bonchev–Trinajstić information content (AvgIpc) is 2.99. The highest BCUT2D eigenvalue weighted by Crippen LogP contribution is 2.28. The highest BCUT2D eigenvalue weighted by atomic mass is 16.4. The summed E-state index contributed by atoms with van der Waals surface area (Å²) >= 11 is 0. The lowest BCUT2D eigenvalue weighted by Crippen LogP contribution is -2.28. The van der Waals surface area contributed by atoms with Crippen LogP contribution in [0.2, 0.25) is 0 Å². The minimum Gasteiger partial charge on any atom is -0.423 e. The summed E-state index contributed by atoms with van der Waals surface area (Å²) in [6, 6.07) is 3.69. The molecule has 3 aromatic rings. The number of hydrogen-bond acceptors (Lipinski definition) is 6. The van der Waals surface area contributed by atoms with Crippen LogP contribution in [0.15, 0.2) is 28.9 Å². The number of carbonyl (C=O) groups is 1. The van der Waals surface area contributed by atoms with Gasteiger partial charge in [0.25, 0.3) is 0 Å². The molecule has 2 amide bonds. The third kappa shape index (κ3) is 3.68. The van der Waals surface area contributed by atoms with E-state index in [0.717, 1.165) is 23.2 Å². The Hall–Kier alpha value is -3.16. The van der Waals surface area contributed by atoms with Crippen molar-refractivity contribution < 1.29 is 9.21 Å². The number of aryl methyl sites for hydroxylation is 1. The number of amides is 2. The minimum atomic E-state index is -0.348. The molecule has 2 aromatic heterocycles. The molecule has 0 atom stereocenters. The molecule has 0 unspecified atom stereocenters. The van der Waals surface area contributed by atoms with Gasteiger partial charge in [0, 0.05) is 31.0 Å². The molecule has 0 radical (unpaired) electrons. The molecule has 0 bridgehead atoms. The molecule has 3 rings (SSSR count). The van der Waals surface area contributed by atoms with Crippen LogP contribution in [0, 0.1) is 6.92 Å². The second kappa shape index (κ2) is 7.16. The monoisotopic (exact) mass is 340 g/mol. The number of anilines is 2. The number of oxazole rings is 1. The van der Waals surface area contributed by atoms with Crippen molar-refractivity contribution in [3.63, 3.8) is 0 Å². The van der Waals surface area contributed by atoms with Crippen LogP contribution < -0.4 is 16.0 Å². The minimum absolute atomic E-state index is 0.167. The summed E-state index contributed by atoms with van der Waals surface area (Å²) < 4.78 is 5.63. The maximum Gasteiger partial charge on any atom is 0.322 e. The molecule has 8 nitrogen and oxygen atoms in total. The number of nitrogens with zero attached hydrogens (tertiary/aromatic N) is 3. The van der Waals surface area contributed by atoms with Gasteiger partial charge in [-0.3, -0.25) is 5.32 Å². The predicted molar refractivity (Wildman–Crippen MR) is 96.6 cm³/mol. The Kier molecular flexibility index (Phi) is 4.78. The van der Waals surface area contributed by atoms with Crippen LogP contribution in [0.5, 0.6) is 0 Å². The molecule has 0 aliphatic carbocycles. The Balaban J connectivity index is 1.91. The van der Waals surface area contributed by atoms with Crippen LogP contribution in [-0.2, 0) is 0 Å². The zero-order valence-corrected chi connectivity index (χ0v) is 14.4. The van der Waals surface area contributed by atoms with E-state index in [-0.39, 0.29) is 12.0 Å². The summed E-state index contributed by atoms with van der Waals surface area (Å²) in [6.07, 6.45) is 3.53. The van der Waals surface area contributed by atoms with Crippen molar-refractivity contribution >= 4 is 29.1 Å². The van der Waals surface area contributed by atoms with Crippen molar-refractivity contribution in [1.82, 2.24) is 20.3 Å². The van der Waals surface area contributed by atoms with Gasteiger partial charge in [-0.1, -0.05) is 0 Å². The highest BCUT2D eigenvalue weighted by Gasteiger charge is 2.13. The molecule has 0 saturated carbocycles. The second-order valence-corrected chi connectivity index (χ2v) is 5.47.